The average molecular weight is 681 g/mol. The minimum Gasteiger partial charge on any atom is -0.507 e. The number of hydrogen-bond acceptors (Lipinski definition) is 9. The molecule has 3 rings (SSSR count). The van der Waals surface area contributed by atoms with Gasteiger partial charge in [0, 0.05) is 21.9 Å². The van der Waals surface area contributed by atoms with Crippen molar-refractivity contribution in [2.24, 2.45) is 16.7 Å². The fraction of sp³-hybridized carbons (Fsp3) is 0.730. The van der Waals surface area contributed by atoms with Crippen molar-refractivity contribution in [3.63, 3.8) is 0 Å². The lowest BCUT2D eigenvalue weighted by atomic mass is 9.71. The first-order valence-electron chi connectivity index (χ1n) is 16.3. The van der Waals surface area contributed by atoms with E-state index in [1.54, 1.807) is 0 Å². The molecule has 1 aromatic rings. The molecule has 1 aromatic carbocycles. The minimum atomic E-state index is -1.61. The molecule has 0 spiro atoms. The van der Waals surface area contributed by atoms with Crippen LogP contribution < -0.4 is 0 Å². The molecule has 0 saturated carbocycles. The topological polar surface area (TPSA) is 120 Å². The summed E-state index contributed by atoms with van der Waals surface area (Å²) in [5.41, 5.74) is 2.13. The molecule has 1 saturated heterocycles. The van der Waals surface area contributed by atoms with Gasteiger partial charge >= 0.3 is 0 Å². The molecule has 6 atom stereocenters. The Morgan fingerprint density at radius 1 is 0.739 bits per heavy atom. The number of thioether (sulfide) groups is 2. The number of aliphatic hydroxyl groups is 4. The van der Waals surface area contributed by atoms with E-state index in [4.69, 9.17) is 9.47 Å². The fourth-order valence-electron chi connectivity index (χ4n) is 5.98. The molecule has 262 valence electrons. The zero-order chi connectivity index (χ0) is 35.4. The van der Waals surface area contributed by atoms with Crippen molar-refractivity contribution in [3.05, 3.63) is 45.6 Å². The van der Waals surface area contributed by atoms with Gasteiger partial charge in [-0.1, -0.05) is 83.1 Å². The van der Waals surface area contributed by atoms with Crippen LogP contribution in [0.15, 0.2) is 39.3 Å². The molecule has 0 aromatic heterocycles. The van der Waals surface area contributed by atoms with E-state index in [0.29, 0.717) is 5.75 Å². The van der Waals surface area contributed by atoms with Crippen molar-refractivity contribution in [1.29, 1.82) is 0 Å². The van der Waals surface area contributed by atoms with Crippen LogP contribution >= 0.6 is 23.5 Å². The number of rotatable bonds is 7. The van der Waals surface area contributed by atoms with Gasteiger partial charge < -0.3 is 35.0 Å². The molecule has 1 aliphatic heterocycles. The second-order valence-corrected chi connectivity index (χ2v) is 21.3. The van der Waals surface area contributed by atoms with E-state index in [-0.39, 0.29) is 38.3 Å². The maximum atomic E-state index is 11.3. The first-order chi connectivity index (χ1) is 20.6. The van der Waals surface area contributed by atoms with Gasteiger partial charge in [-0.2, -0.15) is 0 Å². The molecule has 1 heterocycles. The van der Waals surface area contributed by atoms with Gasteiger partial charge in [-0.05, 0) is 70.6 Å². The number of phenolic OH excluding ortho intramolecular Hbond substituents is 1. The highest BCUT2D eigenvalue weighted by molar-refractivity contribution is 8.20. The van der Waals surface area contributed by atoms with Gasteiger partial charge in [0.05, 0.1) is 4.08 Å². The van der Waals surface area contributed by atoms with E-state index in [9.17, 15) is 25.5 Å². The largest absolute Gasteiger partial charge is 0.507 e. The quantitative estimate of drug-likeness (QED) is 0.146. The van der Waals surface area contributed by atoms with Gasteiger partial charge in [0.1, 0.15) is 42.5 Å². The molecule has 2 aliphatic rings. The third-order valence-electron chi connectivity index (χ3n) is 8.68. The zero-order valence-electron chi connectivity index (χ0n) is 30.5. The van der Waals surface area contributed by atoms with Crippen molar-refractivity contribution >= 4 is 23.5 Å². The predicted octanol–water partition coefficient (Wildman–Crippen LogP) is 7.62. The first-order valence-corrected chi connectivity index (χ1v) is 18.0. The number of ether oxygens (including phenoxy) is 2. The summed E-state index contributed by atoms with van der Waals surface area (Å²) in [5.74, 6) is 1.23. The molecule has 1 aliphatic carbocycles. The van der Waals surface area contributed by atoms with E-state index >= 15 is 0 Å². The van der Waals surface area contributed by atoms with Crippen molar-refractivity contribution in [3.8, 4) is 5.75 Å². The van der Waals surface area contributed by atoms with E-state index in [1.165, 1.54) is 4.91 Å². The summed E-state index contributed by atoms with van der Waals surface area (Å²) < 4.78 is 11.7. The third-order valence-corrected chi connectivity index (χ3v) is 11.2. The summed E-state index contributed by atoms with van der Waals surface area (Å²) in [4.78, 5) is 2.38. The molecular formula is C37H60O7S2. The Hall–Kier alpha value is -1.20. The van der Waals surface area contributed by atoms with Gasteiger partial charge in [-0.3, -0.25) is 0 Å². The van der Waals surface area contributed by atoms with Gasteiger partial charge in [-0.15, -0.1) is 23.5 Å². The Morgan fingerprint density at radius 2 is 1.26 bits per heavy atom. The molecule has 0 radical (unpaired) electrons. The highest BCUT2D eigenvalue weighted by atomic mass is 32.2. The summed E-state index contributed by atoms with van der Waals surface area (Å²) in [7, 11) is 0. The second kappa shape index (κ2) is 13.6. The lowest BCUT2D eigenvalue weighted by Gasteiger charge is -2.42. The molecule has 7 nitrogen and oxygen atoms in total. The molecule has 0 bridgehead atoms. The van der Waals surface area contributed by atoms with Crippen LogP contribution in [-0.4, -0.2) is 66.9 Å². The second-order valence-electron chi connectivity index (χ2n) is 17.6. The van der Waals surface area contributed by atoms with E-state index < -0.39 is 30.7 Å². The van der Waals surface area contributed by atoms with Crippen LogP contribution in [0.3, 0.4) is 0 Å². The number of aliphatic hydroxyl groups excluding tert-OH is 4. The summed E-state index contributed by atoms with van der Waals surface area (Å²) in [6, 6.07) is 4.29. The number of benzene rings is 1. The van der Waals surface area contributed by atoms with Gasteiger partial charge in [0.25, 0.3) is 0 Å². The highest BCUT2D eigenvalue weighted by Gasteiger charge is 2.45. The lowest BCUT2D eigenvalue weighted by molar-refractivity contribution is -0.287. The number of phenols is 1. The summed E-state index contributed by atoms with van der Waals surface area (Å²) in [6.07, 6.45) is -4.12. The Labute approximate surface area is 286 Å². The minimum absolute atomic E-state index is 0.0184. The maximum absolute atomic E-state index is 11.3. The van der Waals surface area contributed by atoms with Crippen molar-refractivity contribution in [1.82, 2.24) is 0 Å². The lowest BCUT2D eigenvalue weighted by Crippen LogP contribution is -2.58. The molecular weight excluding hydrogens is 621 g/mol. The smallest absolute Gasteiger partial charge is 0.184 e. The van der Waals surface area contributed by atoms with Crippen LogP contribution in [0, 0.1) is 16.7 Å². The van der Waals surface area contributed by atoms with E-state index in [2.05, 4.69) is 115 Å². The standard InChI is InChI=1S/C37H60O7S2/c1-33(2,3)22-15-20(16-23(27(22)38)34(4,5)6)45-37(13,14)46-21-17-24(35(7,8)9)31(25(18-21)36(10,11)12)43-19-26-28(39)29(40)30(41)32(42)44-26/h15-17,25-26,28-30,32,38-42H,18-19H2,1-14H3. The Kier molecular flexibility index (Phi) is 11.6. The Morgan fingerprint density at radius 3 is 1.72 bits per heavy atom. The van der Waals surface area contributed by atoms with E-state index in [1.807, 2.05) is 23.5 Å². The normalized spacial score (nSPS) is 27.1. The van der Waals surface area contributed by atoms with Crippen LogP contribution in [0.25, 0.3) is 0 Å². The van der Waals surface area contributed by atoms with Gasteiger partial charge in [-0.25, -0.2) is 0 Å². The van der Waals surface area contributed by atoms with Crippen molar-refractivity contribution < 1.29 is 35.0 Å². The maximum Gasteiger partial charge on any atom is 0.184 e. The molecule has 6 unspecified atom stereocenters. The van der Waals surface area contributed by atoms with Crippen molar-refractivity contribution in [2.45, 2.75) is 154 Å². The van der Waals surface area contributed by atoms with Crippen LogP contribution in [0.4, 0.5) is 0 Å². The van der Waals surface area contributed by atoms with E-state index in [0.717, 1.165) is 33.8 Å². The number of aromatic hydroxyl groups is 1. The average Bonchev–Trinajstić information content (AvgIpc) is 2.87. The van der Waals surface area contributed by atoms with Gasteiger partial charge in [0.15, 0.2) is 6.29 Å². The number of allylic oxidation sites excluding steroid dienone is 4. The first kappa shape index (κ1) is 39.2. The van der Waals surface area contributed by atoms with Crippen LogP contribution in [-0.2, 0) is 20.3 Å². The molecule has 1 fully saturated rings. The van der Waals surface area contributed by atoms with Crippen LogP contribution in [0.5, 0.6) is 5.75 Å². The molecule has 0 amide bonds. The van der Waals surface area contributed by atoms with Crippen molar-refractivity contribution in [2.75, 3.05) is 6.61 Å². The summed E-state index contributed by atoms with van der Waals surface area (Å²) >= 11 is 3.66. The van der Waals surface area contributed by atoms with Gasteiger partial charge in [0.2, 0.25) is 0 Å². The third kappa shape index (κ3) is 9.27. The monoisotopic (exact) mass is 680 g/mol. The summed E-state index contributed by atoms with van der Waals surface area (Å²) in [6.45, 7) is 30.3. The van der Waals surface area contributed by atoms with Crippen LogP contribution in [0.2, 0.25) is 0 Å². The SMILES string of the molecule is CC(C)(SC1=CC(C(C)(C)C)=C(OCC2OC(O)C(O)C(O)C2O)C(C(C)(C)C)C1)Sc1cc(C(C)(C)C)c(O)c(C(C)(C)C)c1. The fourth-order valence-corrected chi connectivity index (χ4v) is 8.73. The Bertz CT molecular complexity index is 1270. The highest BCUT2D eigenvalue weighted by Crippen LogP contribution is 2.54. The summed E-state index contributed by atoms with van der Waals surface area (Å²) in [5, 5.41) is 52.0. The molecule has 5 N–H and O–H groups in total. The Balaban J connectivity index is 1.99. The molecule has 9 heteroatoms. The zero-order valence-corrected chi connectivity index (χ0v) is 32.1. The predicted molar refractivity (Wildman–Crippen MR) is 190 cm³/mol. The number of hydrogen-bond donors (Lipinski definition) is 5. The molecule has 46 heavy (non-hydrogen) atoms. The van der Waals surface area contributed by atoms with Crippen LogP contribution in [0.1, 0.15) is 114 Å².